The van der Waals surface area contributed by atoms with Gasteiger partial charge in [-0.1, -0.05) is 0 Å². The lowest BCUT2D eigenvalue weighted by Crippen LogP contribution is -2.31. The van der Waals surface area contributed by atoms with Crippen LogP contribution in [0.25, 0.3) is 0 Å². The van der Waals surface area contributed by atoms with Crippen molar-refractivity contribution in [2.24, 2.45) is 0 Å². The molecular weight excluding hydrogens is 374 g/mol. The SMILES string of the molecule is COCCCN1C(=O)c2ccc(NC(=O)Nc3ccc(C(C)=O)cc3)cc2C1=O. The minimum atomic E-state index is -0.505. The number of methoxy groups -OCH3 is 1. The molecule has 29 heavy (non-hydrogen) atoms. The monoisotopic (exact) mass is 395 g/mol. The summed E-state index contributed by atoms with van der Waals surface area (Å²) in [6.45, 7) is 2.20. The highest BCUT2D eigenvalue weighted by molar-refractivity contribution is 6.22. The summed E-state index contributed by atoms with van der Waals surface area (Å²) in [5.41, 5.74) is 2.03. The first kappa shape index (κ1) is 20.2. The molecule has 0 unspecified atom stereocenters. The molecule has 1 aliphatic heterocycles. The number of fused-ring (bicyclic) bond motifs is 1. The van der Waals surface area contributed by atoms with E-state index in [1.807, 2.05) is 0 Å². The van der Waals surface area contributed by atoms with Crippen LogP contribution >= 0.6 is 0 Å². The topological polar surface area (TPSA) is 105 Å². The molecule has 8 nitrogen and oxygen atoms in total. The van der Waals surface area contributed by atoms with Gasteiger partial charge in [0, 0.05) is 37.2 Å². The quantitative estimate of drug-likeness (QED) is 0.426. The number of Topliss-reactive ketones (excluding diaryl/α,β-unsaturated/α-hetero) is 1. The van der Waals surface area contributed by atoms with Gasteiger partial charge in [0.2, 0.25) is 0 Å². The third kappa shape index (κ3) is 4.49. The van der Waals surface area contributed by atoms with Crippen molar-refractivity contribution in [3.63, 3.8) is 0 Å². The Kier molecular flexibility index (Phi) is 6.04. The Morgan fingerprint density at radius 3 is 2.21 bits per heavy atom. The summed E-state index contributed by atoms with van der Waals surface area (Å²) >= 11 is 0. The molecule has 0 fully saturated rings. The number of carbonyl (C=O) groups excluding carboxylic acids is 4. The van der Waals surface area contributed by atoms with Crippen LogP contribution in [0.4, 0.5) is 16.2 Å². The van der Waals surface area contributed by atoms with Crippen LogP contribution in [-0.4, -0.2) is 48.8 Å². The van der Waals surface area contributed by atoms with Crippen molar-refractivity contribution >= 4 is 35.0 Å². The number of imide groups is 1. The second-order valence-electron chi connectivity index (χ2n) is 6.58. The average molecular weight is 395 g/mol. The van der Waals surface area contributed by atoms with Gasteiger partial charge in [0.15, 0.2) is 5.78 Å². The summed E-state index contributed by atoms with van der Waals surface area (Å²) in [6, 6.07) is 10.6. The predicted molar refractivity (Wildman–Crippen MR) is 107 cm³/mol. The van der Waals surface area contributed by atoms with E-state index in [1.54, 1.807) is 37.4 Å². The molecule has 0 bridgehead atoms. The molecule has 1 heterocycles. The van der Waals surface area contributed by atoms with Gasteiger partial charge in [0.05, 0.1) is 11.1 Å². The van der Waals surface area contributed by atoms with E-state index in [-0.39, 0.29) is 29.7 Å². The standard InChI is InChI=1S/C21H21N3O5/c1-13(25)14-4-6-15(7-5-14)22-21(28)23-16-8-9-17-18(12-16)20(27)24(19(17)26)10-3-11-29-2/h4-9,12H,3,10-11H2,1-2H3,(H2,22,23,28). The largest absolute Gasteiger partial charge is 0.385 e. The summed E-state index contributed by atoms with van der Waals surface area (Å²) in [5.74, 6) is -0.790. The zero-order valence-corrected chi connectivity index (χ0v) is 16.2. The number of nitrogens with zero attached hydrogens (tertiary/aromatic N) is 1. The van der Waals surface area contributed by atoms with Gasteiger partial charge < -0.3 is 15.4 Å². The average Bonchev–Trinajstić information content (AvgIpc) is 2.93. The summed E-state index contributed by atoms with van der Waals surface area (Å²) in [7, 11) is 1.56. The van der Waals surface area contributed by atoms with E-state index in [2.05, 4.69) is 10.6 Å². The number of anilines is 2. The van der Waals surface area contributed by atoms with Crippen molar-refractivity contribution in [1.82, 2.24) is 4.90 Å². The van der Waals surface area contributed by atoms with Crippen LogP contribution in [0.3, 0.4) is 0 Å². The number of hydrogen-bond donors (Lipinski definition) is 2. The lowest BCUT2D eigenvalue weighted by Gasteiger charge is -2.12. The molecule has 2 N–H and O–H groups in total. The van der Waals surface area contributed by atoms with Gasteiger partial charge >= 0.3 is 6.03 Å². The normalized spacial score (nSPS) is 12.7. The number of nitrogens with one attached hydrogen (secondary N) is 2. The molecule has 1 aliphatic rings. The summed E-state index contributed by atoms with van der Waals surface area (Å²) < 4.78 is 4.96. The van der Waals surface area contributed by atoms with Gasteiger partial charge in [0.1, 0.15) is 0 Å². The molecule has 0 aromatic heterocycles. The molecule has 150 valence electrons. The van der Waals surface area contributed by atoms with E-state index >= 15 is 0 Å². The summed E-state index contributed by atoms with van der Waals surface area (Å²) in [6.07, 6.45) is 0.553. The number of rotatable bonds is 7. The Hall–Kier alpha value is -3.52. The van der Waals surface area contributed by atoms with E-state index in [4.69, 9.17) is 4.74 Å². The Morgan fingerprint density at radius 1 is 0.931 bits per heavy atom. The number of ketones is 1. The van der Waals surface area contributed by atoms with Crippen molar-refractivity contribution < 1.29 is 23.9 Å². The first-order valence-corrected chi connectivity index (χ1v) is 9.09. The van der Waals surface area contributed by atoms with E-state index in [0.29, 0.717) is 35.5 Å². The Bertz CT molecular complexity index is 969. The molecule has 8 heteroatoms. The van der Waals surface area contributed by atoms with Crippen molar-refractivity contribution in [3.05, 3.63) is 59.2 Å². The van der Waals surface area contributed by atoms with Crippen LogP contribution in [0.5, 0.6) is 0 Å². The Balaban J connectivity index is 1.66. The molecule has 4 amide bonds. The highest BCUT2D eigenvalue weighted by atomic mass is 16.5. The van der Waals surface area contributed by atoms with Gasteiger partial charge in [-0.05, 0) is 55.8 Å². The maximum absolute atomic E-state index is 12.5. The first-order valence-electron chi connectivity index (χ1n) is 9.09. The van der Waals surface area contributed by atoms with E-state index in [9.17, 15) is 19.2 Å². The third-order valence-electron chi connectivity index (χ3n) is 4.51. The Labute approximate surface area is 167 Å². The zero-order chi connectivity index (χ0) is 21.0. The van der Waals surface area contributed by atoms with Crippen LogP contribution in [0.15, 0.2) is 42.5 Å². The van der Waals surface area contributed by atoms with Gasteiger partial charge in [-0.15, -0.1) is 0 Å². The molecule has 2 aromatic carbocycles. The van der Waals surface area contributed by atoms with E-state index < -0.39 is 6.03 Å². The van der Waals surface area contributed by atoms with Crippen molar-refractivity contribution in [2.75, 3.05) is 30.9 Å². The second kappa shape index (κ2) is 8.66. The molecule has 3 rings (SSSR count). The lowest BCUT2D eigenvalue weighted by atomic mass is 10.1. The van der Waals surface area contributed by atoms with Crippen LogP contribution in [0.2, 0.25) is 0 Å². The lowest BCUT2D eigenvalue weighted by molar-refractivity contribution is 0.0638. The van der Waals surface area contributed by atoms with Gasteiger partial charge in [-0.25, -0.2) is 4.79 Å². The summed E-state index contributed by atoms with van der Waals surface area (Å²) in [5, 5.41) is 5.29. The molecule has 0 saturated heterocycles. The van der Waals surface area contributed by atoms with Crippen LogP contribution < -0.4 is 10.6 Å². The smallest absolute Gasteiger partial charge is 0.323 e. The number of benzene rings is 2. The van der Waals surface area contributed by atoms with Gasteiger partial charge in [0.25, 0.3) is 11.8 Å². The fraction of sp³-hybridized carbons (Fsp3) is 0.238. The minimum Gasteiger partial charge on any atom is -0.385 e. The maximum atomic E-state index is 12.5. The highest BCUT2D eigenvalue weighted by Crippen LogP contribution is 2.26. The zero-order valence-electron chi connectivity index (χ0n) is 16.2. The van der Waals surface area contributed by atoms with Gasteiger partial charge in [-0.3, -0.25) is 19.3 Å². The van der Waals surface area contributed by atoms with E-state index in [0.717, 1.165) is 0 Å². The molecule has 0 radical (unpaired) electrons. The van der Waals surface area contributed by atoms with Crippen molar-refractivity contribution in [2.45, 2.75) is 13.3 Å². The fourth-order valence-corrected chi connectivity index (χ4v) is 3.02. The molecule has 2 aromatic rings. The Morgan fingerprint density at radius 2 is 1.55 bits per heavy atom. The molecule has 0 atom stereocenters. The molecule has 0 spiro atoms. The van der Waals surface area contributed by atoms with Crippen LogP contribution in [0, 0.1) is 0 Å². The second-order valence-corrected chi connectivity index (χ2v) is 6.58. The van der Waals surface area contributed by atoms with Gasteiger partial charge in [-0.2, -0.15) is 0 Å². The number of hydrogen-bond acceptors (Lipinski definition) is 5. The number of ether oxygens (including phenoxy) is 1. The molecule has 0 saturated carbocycles. The van der Waals surface area contributed by atoms with Crippen molar-refractivity contribution in [3.8, 4) is 0 Å². The molecule has 0 aliphatic carbocycles. The summed E-state index contributed by atoms with van der Waals surface area (Å²) in [4.78, 5) is 49.6. The number of urea groups is 1. The maximum Gasteiger partial charge on any atom is 0.323 e. The molecular formula is C21H21N3O5. The minimum absolute atomic E-state index is 0.0605. The van der Waals surface area contributed by atoms with Crippen molar-refractivity contribution in [1.29, 1.82) is 0 Å². The number of amides is 4. The number of carbonyl (C=O) groups is 4. The predicted octanol–water partition coefficient (Wildman–Crippen LogP) is 3.17. The fourth-order valence-electron chi connectivity index (χ4n) is 3.02. The van der Waals surface area contributed by atoms with Crippen LogP contribution in [-0.2, 0) is 4.74 Å². The first-order chi connectivity index (χ1) is 13.9. The highest BCUT2D eigenvalue weighted by Gasteiger charge is 2.35. The van der Waals surface area contributed by atoms with Crippen LogP contribution in [0.1, 0.15) is 44.4 Å². The van der Waals surface area contributed by atoms with E-state index in [1.165, 1.54) is 24.0 Å². The third-order valence-corrected chi connectivity index (χ3v) is 4.51.